The van der Waals surface area contributed by atoms with Crippen LogP contribution in [0.3, 0.4) is 0 Å². The standard InChI is InChI=1S/C23H20N2O2/c1-15-10-12-16(13-11-15)19-14-20-17-6-3-5-9-22(17)27-23(25(20)24-19)18-7-2-4-8-21(18)26/h2-13,20,23,26H,14H2,1H3/t20-,23-/m0/s1. The largest absolute Gasteiger partial charge is 0.507 e. The van der Waals surface area contributed by atoms with Gasteiger partial charge < -0.3 is 9.84 Å². The molecular formula is C23H20N2O2. The van der Waals surface area contributed by atoms with Crippen molar-refractivity contribution in [3.63, 3.8) is 0 Å². The molecule has 4 heteroatoms. The summed E-state index contributed by atoms with van der Waals surface area (Å²) < 4.78 is 6.27. The van der Waals surface area contributed by atoms with E-state index in [0.29, 0.717) is 0 Å². The third-order valence-corrected chi connectivity index (χ3v) is 5.29. The molecule has 2 heterocycles. The summed E-state index contributed by atoms with van der Waals surface area (Å²) in [7, 11) is 0. The van der Waals surface area contributed by atoms with Crippen molar-refractivity contribution in [2.45, 2.75) is 25.6 Å². The number of nitrogens with zero attached hydrogens (tertiary/aromatic N) is 2. The van der Waals surface area contributed by atoms with Crippen LogP contribution in [0.5, 0.6) is 11.5 Å². The first-order valence-corrected chi connectivity index (χ1v) is 9.17. The minimum absolute atomic E-state index is 0.0934. The Morgan fingerprint density at radius 3 is 2.41 bits per heavy atom. The van der Waals surface area contributed by atoms with E-state index in [-0.39, 0.29) is 11.8 Å². The van der Waals surface area contributed by atoms with E-state index in [4.69, 9.17) is 9.84 Å². The van der Waals surface area contributed by atoms with Crippen molar-refractivity contribution in [1.82, 2.24) is 5.01 Å². The molecule has 0 aromatic heterocycles. The fourth-order valence-corrected chi connectivity index (χ4v) is 3.86. The number of phenols is 1. The molecule has 4 nitrogen and oxygen atoms in total. The molecule has 3 aromatic carbocycles. The molecular weight excluding hydrogens is 336 g/mol. The van der Waals surface area contributed by atoms with Gasteiger partial charge in [-0.05, 0) is 30.7 Å². The molecule has 27 heavy (non-hydrogen) atoms. The molecule has 0 saturated carbocycles. The number of para-hydroxylation sites is 2. The molecule has 2 aliphatic heterocycles. The monoisotopic (exact) mass is 356 g/mol. The molecule has 0 radical (unpaired) electrons. The molecule has 0 spiro atoms. The summed E-state index contributed by atoms with van der Waals surface area (Å²) in [4.78, 5) is 0. The van der Waals surface area contributed by atoms with Crippen LogP contribution in [0.4, 0.5) is 0 Å². The lowest BCUT2D eigenvalue weighted by molar-refractivity contribution is -0.0203. The van der Waals surface area contributed by atoms with Crippen LogP contribution in [-0.2, 0) is 0 Å². The Hall–Kier alpha value is -3.27. The zero-order valence-electron chi connectivity index (χ0n) is 15.0. The predicted octanol–water partition coefficient (Wildman–Crippen LogP) is 4.94. The van der Waals surface area contributed by atoms with Crippen molar-refractivity contribution in [3.05, 3.63) is 95.1 Å². The fourth-order valence-electron chi connectivity index (χ4n) is 3.86. The Balaban J connectivity index is 1.61. The number of hydrazone groups is 1. The zero-order valence-corrected chi connectivity index (χ0v) is 15.0. The van der Waals surface area contributed by atoms with Gasteiger partial charge in [0, 0.05) is 12.0 Å². The van der Waals surface area contributed by atoms with Gasteiger partial charge >= 0.3 is 0 Å². The normalized spacial score (nSPS) is 20.5. The van der Waals surface area contributed by atoms with Crippen LogP contribution in [0.25, 0.3) is 0 Å². The van der Waals surface area contributed by atoms with Crippen LogP contribution < -0.4 is 4.74 Å². The van der Waals surface area contributed by atoms with Crippen LogP contribution in [-0.4, -0.2) is 15.8 Å². The van der Waals surface area contributed by atoms with Crippen molar-refractivity contribution >= 4 is 5.71 Å². The topological polar surface area (TPSA) is 45.1 Å². The van der Waals surface area contributed by atoms with Gasteiger partial charge in [-0.3, -0.25) is 0 Å². The van der Waals surface area contributed by atoms with E-state index >= 15 is 0 Å². The fraction of sp³-hybridized carbons (Fsp3) is 0.174. The van der Waals surface area contributed by atoms with E-state index in [9.17, 15) is 5.11 Å². The summed E-state index contributed by atoms with van der Waals surface area (Å²) in [5.41, 5.74) is 5.26. The van der Waals surface area contributed by atoms with E-state index < -0.39 is 6.23 Å². The lowest BCUT2D eigenvalue weighted by atomic mass is 9.95. The number of ether oxygens (including phenoxy) is 1. The summed E-state index contributed by atoms with van der Waals surface area (Å²) in [6, 6.07) is 24.0. The first-order chi connectivity index (χ1) is 13.2. The van der Waals surface area contributed by atoms with E-state index in [0.717, 1.165) is 34.6 Å². The molecule has 2 atom stereocenters. The Bertz CT molecular complexity index is 1030. The number of rotatable bonds is 2. The zero-order chi connectivity index (χ0) is 18.4. The van der Waals surface area contributed by atoms with Crippen molar-refractivity contribution in [1.29, 1.82) is 0 Å². The number of benzene rings is 3. The lowest BCUT2D eigenvalue weighted by Gasteiger charge is -2.38. The van der Waals surface area contributed by atoms with Gasteiger partial charge in [0.15, 0.2) is 0 Å². The highest BCUT2D eigenvalue weighted by Gasteiger charge is 2.41. The first kappa shape index (κ1) is 15.9. The third-order valence-electron chi connectivity index (χ3n) is 5.29. The highest BCUT2D eigenvalue weighted by atomic mass is 16.5. The minimum Gasteiger partial charge on any atom is -0.507 e. The van der Waals surface area contributed by atoms with Gasteiger partial charge in [-0.25, -0.2) is 5.01 Å². The van der Waals surface area contributed by atoms with Gasteiger partial charge in [-0.1, -0.05) is 60.2 Å². The van der Waals surface area contributed by atoms with Gasteiger partial charge in [0.05, 0.1) is 17.3 Å². The second-order valence-electron chi connectivity index (χ2n) is 7.08. The number of aryl methyl sites for hydroxylation is 1. The average Bonchev–Trinajstić information content (AvgIpc) is 3.14. The second kappa shape index (κ2) is 6.16. The van der Waals surface area contributed by atoms with Gasteiger partial charge in [-0.15, -0.1) is 0 Å². The number of phenolic OH excluding ortho intramolecular Hbond substituents is 1. The molecule has 134 valence electrons. The lowest BCUT2D eigenvalue weighted by Crippen LogP contribution is -2.33. The van der Waals surface area contributed by atoms with Gasteiger partial charge in [-0.2, -0.15) is 5.10 Å². The molecule has 3 aromatic rings. The van der Waals surface area contributed by atoms with Gasteiger partial charge in [0.2, 0.25) is 6.23 Å². The maximum absolute atomic E-state index is 10.4. The Morgan fingerprint density at radius 1 is 0.926 bits per heavy atom. The SMILES string of the molecule is Cc1ccc(C2=NN3[C@@H](C2)c2ccccc2O[C@H]3c2ccccc2O)cc1. The van der Waals surface area contributed by atoms with Gasteiger partial charge in [0.1, 0.15) is 11.5 Å². The second-order valence-corrected chi connectivity index (χ2v) is 7.08. The van der Waals surface area contributed by atoms with Crippen molar-refractivity contribution < 1.29 is 9.84 Å². The highest BCUT2D eigenvalue weighted by molar-refractivity contribution is 6.02. The Labute approximate surface area is 158 Å². The molecule has 0 bridgehead atoms. The maximum Gasteiger partial charge on any atom is 0.217 e. The molecule has 0 saturated heterocycles. The molecule has 0 unspecified atom stereocenters. The Kier molecular flexibility index (Phi) is 3.64. The average molecular weight is 356 g/mol. The third kappa shape index (κ3) is 2.65. The highest BCUT2D eigenvalue weighted by Crippen LogP contribution is 2.48. The first-order valence-electron chi connectivity index (χ1n) is 9.17. The Morgan fingerprint density at radius 2 is 1.63 bits per heavy atom. The molecule has 0 fully saturated rings. The van der Waals surface area contributed by atoms with Crippen LogP contribution >= 0.6 is 0 Å². The van der Waals surface area contributed by atoms with Crippen LogP contribution in [0.2, 0.25) is 0 Å². The molecule has 0 amide bonds. The molecule has 5 rings (SSSR count). The number of hydrogen-bond acceptors (Lipinski definition) is 4. The van der Waals surface area contributed by atoms with E-state index in [1.54, 1.807) is 6.07 Å². The molecule has 2 aliphatic rings. The van der Waals surface area contributed by atoms with Crippen molar-refractivity contribution in [2.24, 2.45) is 5.10 Å². The molecule has 1 N–H and O–H groups in total. The van der Waals surface area contributed by atoms with E-state index in [1.165, 1.54) is 5.56 Å². The van der Waals surface area contributed by atoms with Crippen LogP contribution in [0, 0.1) is 6.92 Å². The summed E-state index contributed by atoms with van der Waals surface area (Å²) in [6.45, 7) is 2.09. The van der Waals surface area contributed by atoms with Crippen LogP contribution in [0.15, 0.2) is 77.9 Å². The van der Waals surface area contributed by atoms with Crippen molar-refractivity contribution in [3.8, 4) is 11.5 Å². The minimum atomic E-state index is -0.450. The predicted molar refractivity (Wildman–Crippen MR) is 105 cm³/mol. The number of fused-ring (bicyclic) bond motifs is 3. The summed E-state index contributed by atoms with van der Waals surface area (Å²) in [5.74, 6) is 1.08. The molecule has 0 aliphatic carbocycles. The smallest absolute Gasteiger partial charge is 0.217 e. The number of hydrogen-bond donors (Lipinski definition) is 1. The summed E-state index contributed by atoms with van der Waals surface area (Å²) in [5, 5.41) is 17.3. The summed E-state index contributed by atoms with van der Waals surface area (Å²) >= 11 is 0. The van der Waals surface area contributed by atoms with Crippen LogP contribution in [0.1, 0.15) is 40.9 Å². The quantitative estimate of drug-likeness (QED) is 0.707. The van der Waals surface area contributed by atoms with E-state index in [1.807, 2.05) is 41.4 Å². The number of aromatic hydroxyl groups is 1. The van der Waals surface area contributed by atoms with E-state index in [2.05, 4.69) is 37.3 Å². The van der Waals surface area contributed by atoms with Gasteiger partial charge in [0.25, 0.3) is 0 Å². The van der Waals surface area contributed by atoms with Crippen molar-refractivity contribution in [2.75, 3.05) is 0 Å². The maximum atomic E-state index is 10.4. The summed E-state index contributed by atoms with van der Waals surface area (Å²) in [6.07, 6.45) is 0.363.